The molecule has 1 aromatic heterocycles. The van der Waals surface area contributed by atoms with E-state index >= 15 is 0 Å². The maximum absolute atomic E-state index is 12.2. The van der Waals surface area contributed by atoms with Gasteiger partial charge >= 0.3 is 0 Å². The fraction of sp³-hybridized carbons (Fsp3) is 0.167. The lowest BCUT2D eigenvalue weighted by Gasteiger charge is -2.09. The van der Waals surface area contributed by atoms with Crippen molar-refractivity contribution in [3.05, 3.63) is 47.5 Å². The number of aromatic nitrogens is 3. The Morgan fingerprint density at radius 1 is 1.19 bits per heavy atom. The van der Waals surface area contributed by atoms with Crippen molar-refractivity contribution >= 4 is 35.0 Å². The summed E-state index contributed by atoms with van der Waals surface area (Å²) in [5.74, 6) is 1.70. The van der Waals surface area contributed by atoms with Gasteiger partial charge in [0.2, 0.25) is 11.1 Å². The molecule has 9 heteroatoms. The van der Waals surface area contributed by atoms with Gasteiger partial charge in [-0.2, -0.15) is 0 Å². The van der Waals surface area contributed by atoms with Crippen LogP contribution in [0.5, 0.6) is 11.5 Å². The highest BCUT2D eigenvalue weighted by Crippen LogP contribution is 2.27. The highest BCUT2D eigenvalue weighted by molar-refractivity contribution is 7.99. The van der Waals surface area contributed by atoms with Crippen LogP contribution in [0.25, 0.3) is 11.4 Å². The van der Waals surface area contributed by atoms with Crippen molar-refractivity contribution in [2.24, 2.45) is 0 Å². The number of hydrogen-bond donors (Lipinski definition) is 2. The molecular formula is C18H17ClN4O3S. The van der Waals surface area contributed by atoms with Crippen LogP contribution in [-0.2, 0) is 4.79 Å². The van der Waals surface area contributed by atoms with Crippen molar-refractivity contribution in [2.75, 3.05) is 25.3 Å². The molecule has 0 radical (unpaired) electrons. The number of amides is 1. The van der Waals surface area contributed by atoms with Crippen LogP contribution >= 0.6 is 23.4 Å². The number of halogens is 1. The number of carbonyl (C=O) groups is 1. The van der Waals surface area contributed by atoms with Gasteiger partial charge in [0.25, 0.3) is 0 Å². The Bertz CT molecular complexity index is 926. The minimum atomic E-state index is -0.195. The van der Waals surface area contributed by atoms with Crippen molar-refractivity contribution in [1.29, 1.82) is 0 Å². The van der Waals surface area contributed by atoms with Crippen LogP contribution in [0.1, 0.15) is 0 Å². The number of anilines is 1. The molecule has 0 fully saturated rings. The number of rotatable bonds is 7. The second kappa shape index (κ2) is 8.79. The van der Waals surface area contributed by atoms with Crippen LogP contribution in [0, 0.1) is 0 Å². The van der Waals surface area contributed by atoms with Gasteiger partial charge in [-0.05, 0) is 12.1 Å². The molecule has 0 aliphatic carbocycles. The van der Waals surface area contributed by atoms with E-state index in [1.54, 1.807) is 38.5 Å². The van der Waals surface area contributed by atoms with E-state index < -0.39 is 0 Å². The van der Waals surface area contributed by atoms with Crippen molar-refractivity contribution < 1.29 is 14.3 Å². The number of hydrogen-bond acceptors (Lipinski definition) is 6. The third kappa shape index (κ3) is 4.93. The molecule has 1 amide bonds. The minimum absolute atomic E-state index is 0.152. The lowest BCUT2D eigenvalue weighted by Crippen LogP contribution is -2.14. The number of ether oxygens (including phenoxy) is 2. The first-order valence-corrected chi connectivity index (χ1v) is 9.28. The first kappa shape index (κ1) is 19.1. The molecule has 0 bridgehead atoms. The third-order valence-corrected chi connectivity index (χ3v) is 4.74. The largest absolute Gasteiger partial charge is 0.497 e. The standard InChI is InChI=1S/C18H17ClN4O3S/c1-25-12-7-11(8-13(9-12)26-2)20-16(24)10-27-18-21-17(22-23-18)14-5-3-4-6-15(14)19/h3-9H,10H2,1-2H3,(H,20,24)(H,21,22,23). The van der Waals surface area contributed by atoms with Crippen molar-refractivity contribution in [2.45, 2.75) is 5.16 Å². The highest BCUT2D eigenvalue weighted by Gasteiger charge is 2.12. The van der Waals surface area contributed by atoms with Crippen LogP contribution in [0.15, 0.2) is 47.6 Å². The normalized spacial score (nSPS) is 10.5. The third-order valence-electron chi connectivity index (χ3n) is 3.56. The summed E-state index contributed by atoms with van der Waals surface area (Å²) in [6.45, 7) is 0. The Morgan fingerprint density at radius 2 is 1.89 bits per heavy atom. The number of carbonyl (C=O) groups excluding carboxylic acids is 1. The van der Waals surface area contributed by atoms with Gasteiger partial charge in [0.15, 0.2) is 5.82 Å². The molecule has 0 aliphatic rings. The van der Waals surface area contributed by atoms with Crippen molar-refractivity contribution in [1.82, 2.24) is 15.2 Å². The molecule has 1 heterocycles. The molecule has 27 heavy (non-hydrogen) atoms. The van der Waals surface area contributed by atoms with E-state index in [1.165, 1.54) is 11.8 Å². The Morgan fingerprint density at radius 3 is 2.56 bits per heavy atom. The minimum Gasteiger partial charge on any atom is -0.497 e. The maximum atomic E-state index is 12.2. The molecule has 3 aromatic rings. The number of nitrogens with one attached hydrogen (secondary N) is 2. The topological polar surface area (TPSA) is 89.1 Å². The highest BCUT2D eigenvalue weighted by atomic mass is 35.5. The summed E-state index contributed by atoms with van der Waals surface area (Å²) in [6, 6.07) is 12.5. The quantitative estimate of drug-likeness (QED) is 0.581. The molecule has 7 nitrogen and oxygen atoms in total. The zero-order chi connectivity index (χ0) is 19.2. The Labute approximate surface area is 165 Å². The van der Waals surface area contributed by atoms with E-state index in [9.17, 15) is 4.79 Å². The smallest absolute Gasteiger partial charge is 0.234 e. The lowest BCUT2D eigenvalue weighted by atomic mass is 10.2. The summed E-state index contributed by atoms with van der Waals surface area (Å²) >= 11 is 7.37. The summed E-state index contributed by atoms with van der Waals surface area (Å²) in [5, 5.41) is 10.8. The van der Waals surface area contributed by atoms with E-state index in [-0.39, 0.29) is 11.7 Å². The molecule has 3 rings (SSSR count). The van der Waals surface area contributed by atoms with Gasteiger partial charge in [-0.3, -0.25) is 9.89 Å². The molecule has 2 aromatic carbocycles. The van der Waals surface area contributed by atoms with Gasteiger partial charge in [0.1, 0.15) is 11.5 Å². The zero-order valence-electron chi connectivity index (χ0n) is 14.7. The van der Waals surface area contributed by atoms with Gasteiger partial charge in [-0.15, -0.1) is 5.10 Å². The molecule has 0 spiro atoms. The molecule has 0 unspecified atom stereocenters. The van der Waals surface area contributed by atoms with E-state index in [2.05, 4.69) is 20.5 Å². The number of benzene rings is 2. The van der Waals surface area contributed by atoms with Crippen molar-refractivity contribution in [3.63, 3.8) is 0 Å². The number of nitrogens with zero attached hydrogens (tertiary/aromatic N) is 2. The van der Waals surface area contributed by atoms with E-state index in [0.29, 0.717) is 33.2 Å². The summed E-state index contributed by atoms with van der Waals surface area (Å²) in [5.41, 5.74) is 1.34. The second-order valence-electron chi connectivity index (χ2n) is 5.38. The predicted octanol–water partition coefficient (Wildman–Crippen LogP) is 3.87. The summed E-state index contributed by atoms with van der Waals surface area (Å²) in [4.78, 5) is 16.6. The van der Waals surface area contributed by atoms with Crippen LogP contribution in [-0.4, -0.2) is 41.1 Å². The maximum Gasteiger partial charge on any atom is 0.234 e. The van der Waals surface area contributed by atoms with Gasteiger partial charge in [-0.25, -0.2) is 4.98 Å². The zero-order valence-corrected chi connectivity index (χ0v) is 16.2. The number of H-pyrrole nitrogens is 1. The fourth-order valence-corrected chi connectivity index (χ4v) is 3.12. The average molecular weight is 405 g/mol. The first-order chi connectivity index (χ1) is 13.1. The lowest BCUT2D eigenvalue weighted by molar-refractivity contribution is -0.113. The first-order valence-electron chi connectivity index (χ1n) is 7.92. The van der Waals surface area contributed by atoms with Crippen LogP contribution in [0.2, 0.25) is 5.02 Å². The molecule has 140 valence electrons. The fourth-order valence-electron chi connectivity index (χ4n) is 2.29. The number of methoxy groups -OCH3 is 2. The van der Waals surface area contributed by atoms with Gasteiger partial charge < -0.3 is 14.8 Å². The molecule has 0 atom stereocenters. The van der Waals surface area contributed by atoms with Gasteiger partial charge in [0, 0.05) is 29.4 Å². The molecule has 0 saturated heterocycles. The van der Waals surface area contributed by atoms with E-state index in [4.69, 9.17) is 21.1 Å². The monoisotopic (exact) mass is 404 g/mol. The number of aromatic amines is 1. The summed E-state index contributed by atoms with van der Waals surface area (Å²) in [7, 11) is 3.10. The van der Waals surface area contributed by atoms with Crippen LogP contribution < -0.4 is 14.8 Å². The summed E-state index contributed by atoms with van der Waals surface area (Å²) in [6.07, 6.45) is 0. The molecule has 2 N–H and O–H groups in total. The Hall–Kier alpha value is -2.71. The number of thioether (sulfide) groups is 1. The Kier molecular flexibility index (Phi) is 6.20. The predicted molar refractivity (Wildman–Crippen MR) is 106 cm³/mol. The molecular weight excluding hydrogens is 388 g/mol. The average Bonchev–Trinajstić information content (AvgIpc) is 3.15. The van der Waals surface area contributed by atoms with Crippen LogP contribution in [0.3, 0.4) is 0 Å². The summed E-state index contributed by atoms with van der Waals surface area (Å²) < 4.78 is 10.4. The molecule has 0 saturated carbocycles. The van der Waals surface area contributed by atoms with Gasteiger partial charge in [-0.1, -0.05) is 35.5 Å². The van der Waals surface area contributed by atoms with Gasteiger partial charge in [0.05, 0.1) is 25.0 Å². The molecule has 0 aliphatic heterocycles. The van der Waals surface area contributed by atoms with E-state index in [0.717, 1.165) is 5.56 Å². The Balaban J connectivity index is 1.61. The van der Waals surface area contributed by atoms with Crippen molar-refractivity contribution in [3.8, 4) is 22.9 Å². The van der Waals surface area contributed by atoms with Crippen LogP contribution in [0.4, 0.5) is 5.69 Å². The van der Waals surface area contributed by atoms with E-state index in [1.807, 2.05) is 18.2 Å². The SMILES string of the molecule is COc1cc(NC(=O)CSc2n[nH]c(-c3ccccc3Cl)n2)cc(OC)c1. The second-order valence-corrected chi connectivity index (χ2v) is 6.73.